The molecule has 80 valence electrons. The molecule has 0 bridgehead atoms. The van der Waals surface area contributed by atoms with E-state index >= 15 is 0 Å². The van der Waals surface area contributed by atoms with E-state index in [4.69, 9.17) is 4.74 Å². The molecule has 2 heteroatoms. The highest BCUT2D eigenvalue weighted by molar-refractivity contribution is 4.72. The van der Waals surface area contributed by atoms with Crippen molar-refractivity contribution in [1.82, 2.24) is 5.32 Å². The molecule has 13 heavy (non-hydrogen) atoms. The van der Waals surface area contributed by atoms with Crippen LogP contribution in [-0.4, -0.2) is 25.3 Å². The van der Waals surface area contributed by atoms with E-state index in [1.807, 2.05) is 7.05 Å². The van der Waals surface area contributed by atoms with Crippen molar-refractivity contribution >= 4 is 0 Å². The molecule has 0 aromatic heterocycles. The summed E-state index contributed by atoms with van der Waals surface area (Å²) in [5.41, 5.74) is -0.0252. The lowest BCUT2D eigenvalue weighted by atomic mass is 10.00. The summed E-state index contributed by atoms with van der Waals surface area (Å²) in [5.74, 6) is 0.673. The first-order chi connectivity index (χ1) is 5.90. The maximum Gasteiger partial charge on any atom is 0.0629 e. The third-order valence-corrected chi connectivity index (χ3v) is 2.40. The zero-order valence-electron chi connectivity index (χ0n) is 9.98. The molecule has 2 unspecified atom stereocenters. The van der Waals surface area contributed by atoms with Crippen molar-refractivity contribution in [2.24, 2.45) is 5.92 Å². The van der Waals surface area contributed by atoms with Gasteiger partial charge in [-0.1, -0.05) is 20.3 Å². The Morgan fingerprint density at radius 3 is 2.15 bits per heavy atom. The number of rotatable bonds is 5. The van der Waals surface area contributed by atoms with E-state index in [0.29, 0.717) is 12.0 Å². The van der Waals surface area contributed by atoms with Crippen LogP contribution in [0.1, 0.15) is 41.0 Å². The predicted molar refractivity (Wildman–Crippen MR) is 58.0 cm³/mol. The standard InChI is InChI=1S/C11H25NO/c1-7-9(2)10(12-6)8-13-11(3,4)5/h9-10,12H,7-8H2,1-6H3. The van der Waals surface area contributed by atoms with Gasteiger partial charge < -0.3 is 10.1 Å². The van der Waals surface area contributed by atoms with Gasteiger partial charge in [0, 0.05) is 6.04 Å². The first-order valence-corrected chi connectivity index (χ1v) is 5.22. The van der Waals surface area contributed by atoms with Crippen molar-refractivity contribution in [3.63, 3.8) is 0 Å². The lowest BCUT2D eigenvalue weighted by molar-refractivity contribution is -0.0203. The van der Waals surface area contributed by atoms with Crippen LogP contribution in [0.15, 0.2) is 0 Å². The fourth-order valence-corrected chi connectivity index (χ4v) is 1.16. The summed E-state index contributed by atoms with van der Waals surface area (Å²) < 4.78 is 5.74. The van der Waals surface area contributed by atoms with Crippen molar-refractivity contribution < 1.29 is 4.74 Å². The molecular weight excluding hydrogens is 162 g/mol. The molecule has 2 atom stereocenters. The Morgan fingerprint density at radius 2 is 1.85 bits per heavy atom. The first-order valence-electron chi connectivity index (χ1n) is 5.22. The maximum atomic E-state index is 5.74. The summed E-state index contributed by atoms with van der Waals surface area (Å²) in [6.45, 7) is 11.6. The largest absolute Gasteiger partial charge is 0.374 e. The van der Waals surface area contributed by atoms with E-state index in [2.05, 4.69) is 39.9 Å². The summed E-state index contributed by atoms with van der Waals surface area (Å²) in [4.78, 5) is 0. The van der Waals surface area contributed by atoms with E-state index in [0.717, 1.165) is 6.61 Å². The van der Waals surface area contributed by atoms with Crippen LogP contribution in [0.2, 0.25) is 0 Å². The SMILES string of the molecule is CCC(C)C(COC(C)(C)C)NC. The molecule has 0 saturated carbocycles. The van der Waals surface area contributed by atoms with Gasteiger partial charge in [0.2, 0.25) is 0 Å². The Balaban J connectivity index is 3.85. The van der Waals surface area contributed by atoms with Gasteiger partial charge in [0.1, 0.15) is 0 Å². The van der Waals surface area contributed by atoms with E-state index < -0.39 is 0 Å². The lowest BCUT2D eigenvalue weighted by Crippen LogP contribution is -2.39. The first kappa shape index (κ1) is 12.9. The van der Waals surface area contributed by atoms with Gasteiger partial charge in [-0.2, -0.15) is 0 Å². The Labute approximate surface area is 83.1 Å². The normalized spacial score (nSPS) is 17.1. The average Bonchev–Trinajstić information content (AvgIpc) is 2.03. The molecule has 0 rings (SSSR count). The minimum absolute atomic E-state index is 0.0252. The van der Waals surface area contributed by atoms with E-state index in [1.165, 1.54) is 6.42 Å². The van der Waals surface area contributed by atoms with E-state index in [1.54, 1.807) is 0 Å². The minimum atomic E-state index is -0.0252. The van der Waals surface area contributed by atoms with Crippen LogP contribution >= 0.6 is 0 Å². The van der Waals surface area contributed by atoms with E-state index in [-0.39, 0.29) is 5.60 Å². The van der Waals surface area contributed by atoms with Crippen molar-refractivity contribution in [3.05, 3.63) is 0 Å². The van der Waals surface area contributed by atoms with Gasteiger partial charge in [-0.25, -0.2) is 0 Å². The smallest absolute Gasteiger partial charge is 0.0629 e. The number of ether oxygens (including phenoxy) is 1. The molecule has 1 N–H and O–H groups in total. The summed E-state index contributed by atoms with van der Waals surface area (Å²) in [7, 11) is 2.00. The van der Waals surface area contributed by atoms with Gasteiger partial charge in [-0.05, 0) is 33.7 Å². The highest BCUT2D eigenvalue weighted by Crippen LogP contribution is 2.12. The van der Waals surface area contributed by atoms with Gasteiger partial charge in [-0.3, -0.25) is 0 Å². The number of hydrogen-bond acceptors (Lipinski definition) is 2. The summed E-state index contributed by atoms with van der Waals surface area (Å²) >= 11 is 0. The molecule has 0 aromatic rings. The zero-order valence-corrected chi connectivity index (χ0v) is 9.98. The summed E-state index contributed by atoms with van der Waals surface area (Å²) in [6.07, 6.45) is 1.19. The van der Waals surface area contributed by atoms with Crippen LogP contribution in [0.25, 0.3) is 0 Å². The number of likely N-dealkylation sites (N-methyl/N-ethyl adjacent to an activating group) is 1. The van der Waals surface area contributed by atoms with E-state index in [9.17, 15) is 0 Å². The average molecular weight is 187 g/mol. The van der Waals surface area contributed by atoms with Gasteiger partial charge in [-0.15, -0.1) is 0 Å². The van der Waals surface area contributed by atoms with Gasteiger partial charge in [0.25, 0.3) is 0 Å². The third-order valence-electron chi connectivity index (χ3n) is 2.40. The molecule has 0 heterocycles. The van der Waals surface area contributed by atoms with Crippen LogP contribution in [0.5, 0.6) is 0 Å². The molecule has 0 spiro atoms. The zero-order chi connectivity index (χ0) is 10.5. The molecule has 2 nitrogen and oxygen atoms in total. The van der Waals surface area contributed by atoms with Crippen molar-refractivity contribution in [2.45, 2.75) is 52.7 Å². The molecule has 0 saturated heterocycles. The molecule has 0 amide bonds. The fourth-order valence-electron chi connectivity index (χ4n) is 1.16. The minimum Gasteiger partial charge on any atom is -0.374 e. The Hall–Kier alpha value is -0.0800. The molecule has 0 aliphatic heterocycles. The van der Waals surface area contributed by atoms with Crippen molar-refractivity contribution in [1.29, 1.82) is 0 Å². The van der Waals surface area contributed by atoms with Gasteiger partial charge in [0.15, 0.2) is 0 Å². The quantitative estimate of drug-likeness (QED) is 0.714. The maximum absolute atomic E-state index is 5.74. The highest BCUT2D eigenvalue weighted by atomic mass is 16.5. The fraction of sp³-hybridized carbons (Fsp3) is 1.00. The number of nitrogens with one attached hydrogen (secondary N) is 1. The molecule has 0 aliphatic rings. The van der Waals surface area contributed by atoms with Crippen LogP contribution in [0.3, 0.4) is 0 Å². The van der Waals surface area contributed by atoms with Crippen LogP contribution < -0.4 is 5.32 Å². The van der Waals surface area contributed by atoms with Crippen LogP contribution in [0, 0.1) is 5.92 Å². The molecule has 0 aromatic carbocycles. The molecule has 0 radical (unpaired) electrons. The topological polar surface area (TPSA) is 21.3 Å². The van der Waals surface area contributed by atoms with Crippen molar-refractivity contribution in [3.8, 4) is 0 Å². The van der Waals surface area contributed by atoms with Gasteiger partial charge in [0.05, 0.1) is 12.2 Å². The second-order valence-electron chi connectivity index (χ2n) is 4.70. The summed E-state index contributed by atoms with van der Waals surface area (Å²) in [5, 5.41) is 3.30. The Bertz CT molecular complexity index is 129. The Morgan fingerprint density at radius 1 is 1.31 bits per heavy atom. The van der Waals surface area contributed by atoms with Crippen LogP contribution in [-0.2, 0) is 4.74 Å². The monoisotopic (exact) mass is 187 g/mol. The third kappa shape index (κ3) is 6.05. The van der Waals surface area contributed by atoms with Crippen molar-refractivity contribution in [2.75, 3.05) is 13.7 Å². The second-order valence-corrected chi connectivity index (χ2v) is 4.70. The Kier molecular flexibility index (Phi) is 5.57. The molecule has 0 aliphatic carbocycles. The predicted octanol–water partition coefficient (Wildman–Crippen LogP) is 2.44. The summed E-state index contributed by atoms with van der Waals surface area (Å²) in [6, 6.07) is 0.476. The van der Waals surface area contributed by atoms with Crippen LogP contribution in [0.4, 0.5) is 0 Å². The molecule has 0 fully saturated rings. The lowest BCUT2D eigenvalue weighted by Gasteiger charge is -2.27. The highest BCUT2D eigenvalue weighted by Gasteiger charge is 2.17. The molecular formula is C11H25NO. The number of hydrogen-bond donors (Lipinski definition) is 1. The van der Waals surface area contributed by atoms with Gasteiger partial charge >= 0.3 is 0 Å². The second kappa shape index (κ2) is 5.61.